The first-order valence-corrected chi connectivity index (χ1v) is 14.4. The molecular weight excluding hydrogens is 562 g/mol. The number of halogens is 1. The zero-order valence-corrected chi connectivity index (χ0v) is 24.1. The van der Waals surface area contributed by atoms with Crippen molar-refractivity contribution in [2.24, 2.45) is 0 Å². The van der Waals surface area contributed by atoms with Crippen LogP contribution in [0.25, 0.3) is 31.8 Å². The van der Waals surface area contributed by atoms with Crippen molar-refractivity contribution in [2.75, 3.05) is 19.0 Å². The number of thiophene rings is 1. The molecule has 1 aliphatic heterocycles. The van der Waals surface area contributed by atoms with Gasteiger partial charge in [0.05, 0.1) is 17.3 Å². The van der Waals surface area contributed by atoms with E-state index in [2.05, 4.69) is 46.6 Å². The molecule has 6 aromatic rings. The van der Waals surface area contributed by atoms with Gasteiger partial charge in [-0.3, -0.25) is 9.69 Å². The predicted octanol–water partition coefficient (Wildman–Crippen LogP) is 8.01. The Morgan fingerprint density at radius 1 is 1.05 bits per heavy atom. The summed E-state index contributed by atoms with van der Waals surface area (Å²) in [6.45, 7) is 2.69. The lowest BCUT2D eigenvalue weighted by atomic mass is 10.0. The van der Waals surface area contributed by atoms with E-state index >= 15 is 0 Å². The molecule has 0 bridgehead atoms. The van der Waals surface area contributed by atoms with E-state index in [4.69, 9.17) is 14.1 Å². The number of hydrogen-bond acceptors (Lipinski definition) is 7. The SMILES string of the molecule is COc1cccc2cc(C(=O)Nc3sc4c(c3-c3nc5ccccc5s3)CCN(Cc3ccccc3)C4)oc12.Cl. The molecule has 3 aromatic heterocycles. The third-order valence-corrected chi connectivity index (χ3v) is 9.26. The van der Waals surface area contributed by atoms with E-state index in [0.717, 1.165) is 57.2 Å². The van der Waals surface area contributed by atoms with E-state index < -0.39 is 0 Å². The Labute approximate surface area is 245 Å². The maximum atomic E-state index is 13.5. The molecule has 40 heavy (non-hydrogen) atoms. The zero-order valence-electron chi connectivity index (χ0n) is 21.7. The lowest BCUT2D eigenvalue weighted by molar-refractivity contribution is 0.0999. The maximum absolute atomic E-state index is 13.5. The first-order valence-electron chi connectivity index (χ1n) is 12.8. The van der Waals surface area contributed by atoms with Crippen LogP contribution in [0.5, 0.6) is 5.75 Å². The second kappa shape index (κ2) is 11.1. The van der Waals surface area contributed by atoms with E-state index in [9.17, 15) is 4.79 Å². The molecule has 7 rings (SSSR count). The molecule has 1 N–H and O–H groups in total. The minimum absolute atomic E-state index is 0. The summed E-state index contributed by atoms with van der Waals surface area (Å²) in [5, 5.41) is 5.76. The number of ether oxygens (including phenoxy) is 1. The number of benzene rings is 3. The molecule has 0 fully saturated rings. The summed E-state index contributed by atoms with van der Waals surface area (Å²) in [4.78, 5) is 22.2. The Bertz CT molecular complexity index is 1790. The number of fused-ring (bicyclic) bond motifs is 3. The molecule has 4 heterocycles. The third kappa shape index (κ3) is 4.88. The minimum Gasteiger partial charge on any atom is -0.493 e. The molecule has 0 radical (unpaired) electrons. The quantitative estimate of drug-likeness (QED) is 0.214. The average molecular weight is 588 g/mol. The van der Waals surface area contributed by atoms with Gasteiger partial charge < -0.3 is 14.5 Å². The summed E-state index contributed by atoms with van der Waals surface area (Å²) in [6, 6.07) is 26.1. The van der Waals surface area contributed by atoms with Gasteiger partial charge in [0.15, 0.2) is 17.1 Å². The second-order valence-corrected chi connectivity index (χ2v) is 11.7. The monoisotopic (exact) mass is 587 g/mol. The number of methoxy groups -OCH3 is 1. The highest BCUT2D eigenvalue weighted by atomic mass is 35.5. The zero-order chi connectivity index (χ0) is 26.3. The van der Waals surface area contributed by atoms with Crippen LogP contribution in [-0.4, -0.2) is 29.4 Å². The smallest absolute Gasteiger partial charge is 0.292 e. The van der Waals surface area contributed by atoms with Crippen molar-refractivity contribution in [1.29, 1.82) is 0 Å². The van der Waals surface area contributed by atoms with Gasteiger partial charge in [-0.05, 0) is 41.8 Å². The molecular formula is C31H26ClN3O3S2. The van der Waals surface area contributed by atoms with E-state index in [1.807, 2.05) is 36.4 Å². The van der Waals surface area contributed by atoms with Gasteiger partial charge in [-0.15, -0.1) is 35.1 Å². The fourth-order valence-corrected chi connectivity index (χ4v) is 7.60. The maximum Gasteiger partial charge on any atom is 0.292 e. The molecule has 9 heteroatoms. The van der Waals surface area contributed by atoms with Crippen molar-refractivity contribution in [3.8, 4) is 16.3 Å². The van der Waals surface area contributed by atoms with Gasteiger partial charge in [-0.25, -0.2) is 4.98 Å². The van der Waals surface area contributed by atoms with Crippen molar-refractivity contribution >= 4 is 67.2 Å². The van der Waals surface area contributed by atoms with E-state index in [0.29, 0.717) is 11.3 Å². The second-order valence-electron chi connectivity index (χ2n) is 9.58. The summed E-state index contributed by atoms with van der Waals surface area (Å²) in [5.41, 5.74) is 5.17. The first-order chi connectivity index (χ1) is 19.2. The standard InChI is InChI=1S/C31H25N3O3S2.ClH/c1-36-23-12-7-10-20-16-24(37-28(20)23)29(35)33-31-27(30-32-22-11-5-6-13-25(22)38-30)21-14-15-34(18-26(21)39-31)17-19-8-3-2-4-9-19;/h2-13,16H,14-15,17-18H2,1H3,(H,33,35);1H. The van der Waals surface area contributed by atoms with Crippen LogP contribution < -0.4 is 10.1 Å². The summed E-state index contributed by atoms with van der Waals surface area (Å²) in [6.07, 6.45) is 0.904. The number of para-hydroxylation sites is 2. The minimum atomic E-state index is -0.282. The number of nitrogens with one attached hydrogen (secondary N) is 1. The van der Waals surface area contributed by atoms with Crippen LogP contribution in [0.4, 0.5) is 5.00 Å². The van der Waals surface area contributed by atoms with Gasteiger partial charge >= 0.3 is 0 Å². The largest absolute Gasteiger partial charge is 0.493 e. The number of furan rings is 1. The Morgan fingerprint density at radius 2 is 1.88 bits per heavy atom. The van der Waals surface area contributed by atoms with E-state index in [1.54, 1.807) is 35.8 Å². The van der Waals surface area contributed by atoms with Crippen LogP contribution in [0.3, 0.4) is 0 Å². The van der Waals surface area contributed by atoms with Gasteiger partial charge in [-0.1, -0.05) is 54.6 Å². The number of rotatable bonds is 6. The van der Waals surface area contributed by atoms with Crippen molar-refractivity contribution < 1.29 is 13.9 Å². The average Bonchev–Trinajstić information content (AvgIpc) is 3.67. The molecule has 0 atom stereocenters. The van der Waals surface area contributed by atoms with Gasteiger partial charge in [0.2, 0.25) is 0 Å². The van der Waals surface area contributed by atoms with Gasteiger partial charge in [0.25, 0.3) is 5.91 Å². The van der Waals surface area contributed by atoms with Crippen molar-refractivity contribution in [3.63, 3.8) is 0 Å². The molecule has 0 saturated heterocycles. The van der Waals surface area contributed by atoms with Crippen LogP contribution >= 0.6 is 35.1 Å². The molecule has 0 unspecified atom stereocenters. The third-order valence-electron chi connectivity index (χ3n) is 7.07. The normalized spacial score (nSPS) is 13.2. The van der Waals surface area contributed by atoms with Crippen LogP contribution in [0.1, 0.15) is 26.6 Å². The van der Waals surface area contributed by atoms with E-state index in [-0.39, 0.29) is 24.1 Å². The van der Waals surface area contributed by atoms with E-state index in [1.165, 1.54) is 16.0 Å². The molecule has 202 valence electrons. The molecule has 1 amide bonds. The van der Waals surface area contributed by atoms with Crippen LogP contribution in [0, 0.1) is 0 Å². The van der Waals surface area contributed by atoms with Crippen molar-refractivity contribution in [1.82, 2.24) is 9.88 Å². The number of aromatic nitrogens is 1. The molecule has 0 spiro atoms. The van der Waals surface area contributed by atoms with Gasteiger partial charge in [0.1, 0.15) is 10.0 Å². The highest BCUT2D eigenvalue weighted by molar-refractivity contribution is 7.23. The number of amides is 1. The predicted molar refractivity (Wildman–Crippen MR) is 165 cm³/mol. The topological polar surface area (TPSA) is 67.6 Å². The highest BCUT2D eigenvalue weighted by Gasteiger charge is 2.28. The fourth-order valence-electron chi connectivity index (χ4n) is 5.20. The number of carbonyl (C=O) groups excluding carboxylic acids is 1. The Kier molecular flexibility index (Phi) is 7.33. The molecule has 0 saturated carbocycles. The molecule has 6 nitrogen and oxygen atoms in total. The lowest BCUT2D eigenvalue weighted by Gasteiger charge is -2.27. The van der Waals surface area contributed by atoms with Crippen LogP contribution in [-0.2, 0) is 19.5 Å². The summed E-state index contributed by atoms with van der Waals surface area (Å²) in [7, 11) is 1.60. The first kappa shape index (κ1) is 26.5. The van der Waals surface area contributed by atoms with Crippen LogP contribution in [0.15, 0.2) is 83.3 Å². The molecule has 0 aliphatic carbocycles. The van der Waals surface area contributed by atoms with Gasteiger partial charge in [0, 0.05) is 35.5 Å². The number of nitrogens with zero attached hydrogens (tertiary/aromatic N) is 2. The molecule has 1 aliphatic rings. The van der Waals surface area contributed by atoms with Gasteiger partial charge in [-0.2, -0.15) is 0 Å². The van der Waals surface area contributed by atoms with Crippen molar-refractivity contribution in [3.05, 3.63) is 101 Å². The number of anilines is 1. The van der Waals surface area contributed by atoms with Crippen molar-refractivity contribution in [2.45, 2.75) is 19.5 Å². The lowest BCUT2D eigenvalue weighted by Crippen LogP contribution is -2.29. The van der Waals surface area contributed by atoms with Crippen LogP contribution in [0.2, 0.25) is 0 Å². The number of carbonyl (C=O) groups is 1. The number of thiazole rings is 1. The summed E-state index contributed by atoms with van der Waals surface area (Å²) >= 11 is 3.31. The Hall–Kier alpha value is -3.69. The Morgan fingerprint density at radius 3 is 2.70 bits per heavy atom. The molecule has 3 aromatic carbocycles. The number of hydrogen-bond donors (Lipinski definition) is 1. The fraction of sp³-hybridized carbons (Fsp3) is 0.161. The summed E-state index contributed by atoms with van der Waals surface area (Å²) in [5.74, 6) is 0.573. The Balaban J connectivity index is 0.00000289. The summed E-state index contributed by atoms with van der Waals surface area (Å²) < 4.78 is 12.5. The highest BCUT2D eigenvalue weighted by Crippen LogP contribution is 2.46.